The van der Waals surface area contributed by atoms with E-state index in [1.807, 2.05) is 0 Å². The van der Waals surface area contributed by atoms with Gasteiger partial charge in [-0.15, -0.1) is 0 Å². The summed E-state index contributed by atoms with van der Waals surface area (Å²) in [6.45, 7) is 10.7. The molecule has 1 N–H and O–H groups in total. The summed E-state index contributed by atoms with van der Waals surface area (Å²) in [5.74, 6) is 0.308. The maximum atomic E-state index is 12.3. The number of hydrogen-bond donors (Lipinski definition) is 1. The van der Waals surface area contributed by atoms with E-state index in [0.29, 0.717) is 11.9 Å². The Balaban J connectivity index is 2.37. The van der Waals surface area contributed by atoms with Crippen LogP contribution in [-0.4, -0.2) is 54.1 Å². The molecule has 1 heterocycles. The van der Waals surface area contributed by atoms with Gasteiger partial charge in [-0.1, -0.05) is 20.3 Å². The number of nitrogens with one attached hydrogen (secondary N) is 1. The molecule has 2 atom stereocenters. The van der Waals surface area contributed by atoms with Crippen LogP contribution in [-0.2, 0) is 4.79 Å². The first-order valence-electron chi connectivity index (χ1n) is 8.28. The number of carbonyl (C=O) groups excluding carboxylic acids is 1. The summed E-state index contributed by atoms with van der Waals surface area (Å²) in [7, 11) is 2.17. The Hall–Kier alpha value is -0.610. The summed E-state index contributed by atoms with van der Waals surface area (Å²) in [6.07, 6.45) is 5.60. The number of carbonyl (C=O) groups is 1. The molecular formula is C16H33N3O. The molecule has 1 aliphatic rings. The molecule has 0 bridgehead atoms. The fourth-order valence-corrected chi connectivity index (χ4v) is 2.72. The lowest BCUT2D eigenvalue weighted by atomic mass is 10.2. The molecule has 1 rings (SSSR count). The Morgan fingerprint density at radius 3 is 2.55 bits per heavy atom. The van der Waals surface area contributed by atoms with Crippen LogP contribution >= 0.6 is 0 Å². The van der Waals surface area contributed by atoms with Crippen molar-refractivity contribution < 1.29 is 4.79 Å². The van der Waals surface area contributed by atoms with Gasteiger partial charge in [-0.2, -0.15) is 0 Å². The standard InChI is InChI=1S/C16H33N3O/c1-6-10-15-17-14(7-2)16(20)19(15)12-9-8-11-18(5)13(3)4/h13-15,17H,6-12H2,1-5H3. The van der Waals surface area contributed by atoms with Crippen molar-refractivity contribution in [1.82, 2.24) is 15.1 Å². The molecule has 2 unspecified atom stereocenters. The van der Waals surface area contributed by atoms with Gasteiger partial charge in [-0.05, 0) is 53.1 Å². The fraction of sp³-hybridized carbons (Fsp3) is 0.938. The summed E-state index contributed by atoms with van der Waals surface area (Å²) in [4.78, 5) is 16.8. The quantitative estimate of drug-likeness (QED) is 0.660. The monoisotopic (exact) mass is 283 g/mol. The number of rotatable bonds is 9. The van der Waals surface area contributed by atoms with Gasteiger partial charge in [0.1, 0.15) is 0 Å². The van der Waals surface area contributed by atoms with Gasteiger partial charge in [0.25, 0.3) is 0 Å². The zero-order chi connectivity index (χ0) is 15.1. The van der Waals surface area contributed by atoms with E-state index in [-0.39, 0.29) is 12.2 Å². The molecule has 20 heavy (non-hydrogen) atoms. The normalized spacial score (nSPS) is 23.4. The minimum absolute atomic E-state index is 0.0462. The third-order valence-electron chi connectivity index (χ3n) is 4.36. The summed E-state index contributed by atoms with van der Waals surface area (Å²) in [5, 5.41) is 3.48. The molecule has 1 fully saturated rings. The molecule has 0 aliphatic carbocycles. The van der Waals surface area contributed by atoms with Crippen molar-refractivity contribution in [2.24, 2.45) is 0 Å². The van der Waals surface area contributed by atoms with Crippen LogP contribution in [0, 0.1) is 0 Å². The number of hydrogen-bond acceptors (Lipinski definition) is 3. The van der Waals surface area contributed by atoms with Gasteiger partial charge >= 0.3 is 0 Å². The van der Waals surface area contributed by atoms with Crippen molar-refractivity contribution in [2.45, 2.75) is 78.0 Å². The summed E-state index contributed by atoms with van der Waals surface area (Å²) < 4.78 is 0. The lowest BCUT2D eigenvalue weighted by Crippen LogP contribution is -2.38. The van der Waals surface area contributed by atoms with Gasteiger partial charge < -0.3 is 9.80 Å². The molecular weight excluding hydrogens is 250 g/mol. The lowest BCUT2D eigenvalue weighted by Gasteiger charge is -2.25. The van der Waals surface area contributed by atoms with Crippen molar-refractivity contribution in [3.63, 3.8) is 0 Å². The smallest absolute Gasteiger partial charge is 0.241 e. The largest absolute Gasteiger partial charge is 0.326 e. The van der Waals surface area contributed by atoms with Crippen molar-refractivity contribution in [3.05, 3.63) is 0 Å². The minimum atomic E-state index is 0.0462. The summed E-state index contributed by atoms with van der Waals surface area (Å²) in [5.41, 5.74) is 0. The van der Waals surface area contributed by atoms with Crippen LogP contribution < -0.4 is 5.32 Å². The van der Waals surface area contributed by atoms with E-state index >= 15 is 0 Å². The third kappa shape index (κ3) is 4.74. The van der Waals surface area contributed by atoms with Crippen molar-refractivity contribution in [3.8, 4) is 0 Å². The number of amides is 1. The molecule has 0 aromatic rings. The molecule has 4 nitrogen and oxygen atoms in total. The van der Waals surface area contributed by atoms with E-state index in [2.05, 4.69) is 49.9 Å². The first kappa shape index (κ1) is 17.4. The number of unbranched alkanes of at least 4 members (excludes halogenated alkanes) is 1. The summed E-state index contributed by atoms with van der Waals surface area (Å²) in [6, 6.07) is 0.646. The van der Waals surface area contributed by atoms with Gasteiger partial charge in [0, 0.05) is 12.6 Å². The van der Waals surface area contributed by atoms with Crippen LogP contribution in [0.3, 0.4) is 0 Å². The van der Waals surface area contributed by atoms with Crippen LogP contribution in [0.1, 0.15) is 59.8 Å². The third-order valence-corrected chi connectivity index (χ3v) is 4.36. The predicted molar refractivity (Wildman–Crippen MR) is 84.6 cm³/mol. The van der Waals surface area contributed by atoms with Crippen molar-refractivity contribution >= 4 is 5.91 Å². The Kier molecular flexibility index (Phi) is 7.52. The molecule has 118 valence electrons. The Labute approximate surface area is 124 Å². The highest BCUT2D eigenvalue weighted by atomic mass is 16.2. The highest BCUT2D eigenvalue weighted by Gasteiger charge is 2.36. The molecule has 0 aromatic heterocycles. The average Bonchev–Trinajstić information content (AvgIpc) is 2.71. The van der Waals surface area contributed by atoms with Gasteiger partial charge in [0.15, 0.2) is 0 Å². The van der Waals surface area contributed by atoms with Gasteiger partial charge in [0.2, 0.25) is 5.91 Å². The molecule has 4 heteroatoms. The van der Waals surface area contributed by atoms with E-state index in [1.54, 1.807) is 0 Å². The van der Waals surface area contributed by atoms with E-state index in [4.69, 9.17) is 0 Å². The Morgan fingerprint density at radius 1 is 1.30 bits per heavy atom. The molecule has 0 saturated carbocycles. The maximum absolute atomic E-state index is 12.3. The molecule has 1 saturated heterocycles. The van der Waals surface area contributed by atoms with E-state index in [0.717, 1.165) is 45.2 Å². The second kappa shape index (κ2) is 8.63. The SMILES string of the molecule is CCCC1NC(CC)C(=O)N1CCCCN(C)C(C)C. The Morgan fingerprint density at radius 2 is 2.00 bits per heavy atom. The minimum Gasteiger partial charge on any atom is -0.326 e. The zero-order valence-corrected chi connectivity index (χ0v) is 14.0. The van der Waals surface area contributed by atoms with Crippen LogP contribution in [0.4, 0.5) is 0 Å². The molecule has 1 aliphatic heterocycles. The summed E-state index contributed by atoms with van der Waals surface area (Å²) >= 11 is 0. The van der Waals surface area contributed by atoms with Crippen LogP contribution in [0.25, 0.3) is 0 Å². The van der Waals surface area contributed by atoms with Gasteiger partial charge in [-0.25, -0.2) is 0 Å². The topological polar surface area (TPSA) is 35.6 Å². The fourth-order valence-electron chi connectivity index (χ4n) is 2.72. The van der Waals surface area contributed by atoms with E-state index < -0.39 is 0 Å². The first-order valence-corrected chi connectivity index (χ1v) is 8.28. The molecule has 0 spiro atoms. The number of nitrogens with zero attached hydrogens (tertiary/aromatic N) is 2. The maximum Gasteiger partial charge on any atom is 0.241 e. The van der Waals surface area contributed by atoms with E-state index in [9.17, 15) is 4.79 Å². The molecule has 0 radical (unpaired) electrons. The van der Waals surface area contributed by atoms with Gasteiger partial charge in [0.05, 0.1) is 12.2 Å². The average molecular weight is 283 g/mol. The Bertz CT molecular complexity index is 293. The van der Waals surface area contributed by atoms with Crippen LogP contribution in [0.5, 0.6) is 0 Å². The zero-order valence-electron chi connectivity index (χ0n) is 14.0. The predicted octanol–water partition coefficient (Wildman–Crippen LogP) is 2.44. The van der Waals surface area contributed by atoms with Crippen LogP contribution in [0.15, 0.2) is 0 Å². The van der Waals surface area contributed by atoms with Crippen LogP contribution in [0.2, 0.25) is 0 Å². The van der Waals surface area contributed by atoms with Crippen molar-refractivity contribution in [2.75, 3.05) is 20.1 Å². The van der Waals surface area contributed by atoms with Crippen molar-refractivity contribution in [1.29, 1.82) is 0 Å². The molecule has 0 aromatic carbocycles. The highest BCUT2D eigenvalue weighted by molar-refractivity contribution is 5.84. The van der Waals surface area contributed by atoms with E-state index in [1.165, 1.54) is 0 Å². The highest BCUT2D eigenvalue weighted by Crippen LogP contribution is 2.17. The lowest BCUT2D eigenvalue weighted by molar-refractivity contribution is -0.130. The second-order valence-corrected chi connectivity index (χ2v) is 6.25. The molecule has 1 amide bonds. The van der Waals surface area contributed by atoms with Gasteiger partial charge in [-0.3, -0.25) is 10.1 Å². The first-order chi connectivity index (χ1) is 9.51. The second-order valence-electron chi connectivity index (χ2n) is 6.25.